The van der Waals surface area contributed by atoms with Crippen molar-refractivity contribution in [1.82, 2.24) is 19.9 Å². The number of aromatic hydroxyl groups is 1. The summed E-state index contributed by atoms with van der Waals surface area (Å²) in [6.07, 6.45) is 1.38. The van der Waals surface area contributed by atoms with Crippen molar-refractivity contribution in [3.63, 3.8) is 0 Å². The van der Waals surface area contributed by atoms with Crippen molar-refractivity contribution in [2.45, 2.75) is 0 Å². The number of anilines is 1. The highest BCUT2D eigenvalue weighted by Crippen LogP contribution is 2.12. The summed E-state index contributed by atoms with van der Waals surface area (Å²) in [6, 6.07) is -0.349. The summed E-state index contributed by atoms with van der Waals surface area (Å²) in [5.74, 6) is 0.0497. The minimum atomic E-state index is -0.349. The Hall–Kier alpha value is -2.38. The zero-order valence-electron chi connectivity index (χ0n) is 6.94. The van der Waals surface area contributed by atoms with Crippen LogP contribution in [0.2, 0.25) is 0 Å². The van der Waals surface area contributed by atoms with Crippen LogP contribution in [0.15, 0.2) is 6.20 Å². The average Bonchev–Trinajstić information content (AvgIpc) is 2.44. The summed E-state index contributed by atoms with van der Waals surface area (Å²) < 4.78 is 0. The first-order chi connectivity index (χ1) is 6.65. The minimum absolute atomic E-state index is 0.235. The lowest BCUT2D eigenvalue weighted by atomic mass is 10.6. The number of fused-ring (bicyclic) bond motifs is 1. The van der Waals surface area contributed by atoms with Gasteiger partial charge in [0.15, 0.2) is 11.6 Å². The Kier molecular flexibility index (Phi) is 1.67. The Morgan fingerprint density at radius 1 is 1.57 bits per heavy atom. The van der Waals surface area contributed by atoms with Crippen LogP contribution in [0.4, 0.5) is 5.95 Å². The van der Waals surface area contributed by atoms with E-state index >= 15 is 0 Å². The number of aromatic amines is 1. The molecule has 0 unspecified atom stereocenters. The summed E-state index contributed by atoms with van der Waals surface area (Å²) in [4.78, 5) is 13.9. The summed E-state index contributed by atoms with van der Waals surface area (Å²) in [6.45, 7) is 0. The molecule has 0 saturated heterocycles. The molecule has 2 aromatic heterocycles. The predicted molar refractivity (Wildman–Crippen MR) is 48.9 cm³/mol. The van der Waals surface area contributed by atoms with Crippen LogP contribution in [0, 0.1) is 5.41 Å². The van der Waals surface area contributed by atoms with E-state index in [2.05, 4.69) is 25.3 Å². The molecule has 0 saturated carbocycles. The van der Waals surface area contributed by atoms with Crippen LogP contribution in [-0.2, 0) is 0 Å². The number of nitrogens with zero attached hydrogens (tertiary/aromatic N) is 3. The topological polar surface area (TPSA) is 137 Å². The van der Waals surface area contributed by atoms with E-state index in [1.54, 1.807) is 0 Å². The second-order valence-electron chi connectivity index (χ2n) is 2.53. The number of nitrogens with two attached hydrogens (primary N) is 1. The molecule has 8 heteroatoms. The molecule has 2 aromatic rings. The Bertz CT molecular complexity index is 490. The van der Waals surface area contributed by atoms with E-state index in [4.69, 9.17) is 16.2 Å². The highest BCUT2D eigenvalue weighted by molar-refractivity contribution is 5.89. The van der Waals surface area contributed by atoms with Gasteiger partial charge in [0.05, 0.1) is 6.20 Å². The molecule has 0 aliphatic heterocycles. The van der Waals surface area contributed by atoms with Gasteiger partial charge in [-0.05, 0) is 0 Å². The molecule has 72 valence electrons. The highest BCUT2D eigenvalue weighted by atomic mass is 16.3. The zero-order valence-corrected chi connectivity index (χ0v) is 6.94. The number of nitrogens with one attached hydrogen (secondary N) is 3. The fourth-order valence-electron chi connectivity index (χ4n) is 0.985. The normalized spacial score (nSPS) is 10.3. The molecule has 0 aliphatic carbocycles. The molecular weight excluding hydrogens is 186 g/mol. The fraction of sp³-hybridized carbons (Fsp3) is 0. The van der Waals surface area contributed by atoms with Crippen LogP contribution >= 0.6 is 0 Å². The van der Waals surface area contributed by atoms with Gasteiger partial charge in [0.2, 0.25) is 5.95 Å². The lowest BCUT2D eigenvalue weighted by Gasteiger charge is -1.95. The van der Waals surface area contributed by atoms with Gasteiger partial charge in [-0.1, -0.05) is 0 Å². The number of H-pyrrole nitrogens is 1. The molecule has 0 aromatic carbocycles. The Morgan fingerprint density at radius 2 is 2.36 bits per heavy atom. The number of imidazole rings is 1. The Morgan fingerprint density at radius 3 is 3.07 bits per heavy atom. The van der Waals surface area contributed by atoms with Crippen molar-refractivity contribution in [1.29, 1.82) is 5.41 Å². The number of guanidine groups is 1. The van der Waals surface area contributed by atoms with Gasteiger partial charge >= 0.3 is 6.01 Å². The summed E-state index contributed by atoms with van der Waals surface area (Å²) in [5.41, 5.74) is 5.96. The van der Waals surface area contributed by atoms with Gasteiger partial charge < -0.3 is 15.8 Å². The van der Waals surface area contributed by atoms with E-state index in [9.17, 15) is 0 Å². The second-order valence-corrected chi connectivity index (χ2v) is 2.53. The summed E-state index contributed by atoms with van der Waals surface area (Å²) in [7, 11) is 0. The van der Waals surface area contributed by atoms with Crippen LogP contribution in [0.5, 0.6) is 6.01 Å². The molecule has 14 heavy (non-hydrogen) atoms. The molecule has 2 rings (SSSR count). The smallest absolute Gasteiger partial charge is 0.316 e. The first-order valence-corrected chi connectivity index (χ1v) is 3.68. The van der Waals surface area contributed by atoms with Gasteiger partial charge in [0.25, 0.3) is 0 Å². The van der Waals surface area contributed by atoms with Crippen molar-refractivity contribution in [2.24, 2.45) is 5.73 Å². The van der Waals surface area contributed by atoms with E-state index in [0.29, 0.717) is 11.2 Å². The quantitative estimate of drug-likeness (QED) is 0.302. The molecule has 8 nitrogen and oxygen atoms in total. The summed E-state index contributed by atoms with van der Waals surface area (Å²) in [5, 5.41) is 18.4. The monoisotopic (exact) mass is 193 g/mol. The van der Waals surface area contributed by atoms with Crippen LogP contribution in [-0.4, -0.2) is 31.0 Å². The third-order valence-electron chi connectivity index (χ3n) is 1.48. The lowest BCUT2D eigenvalue weighted by Crippen LogP contribution is -2.21. The Labute approximate surface area is 77.7 Å². The zero-order chi connectivity index (χ0) is 10.1. The van der Waals surface area contributed by atoms with Gasteiger partial charge in [0.1, 0.15) is 5.52 Å². The lowest BCUT2D eigenvalue weighted by molar-refractivity contribution is 0.433. The maximum atomic E-state index is 8.96. The number of aromatic nitrogens is 4. The first-order valence-electron chi connectivity index (χ1n) is 3.68. The van der Waals surface area contributed by atoms with Gasteiger partial charge in [-0.2, -0.15) is 9.97 Å². The number of hydrogen-bond acceptors (Lipinski definition) is 5. The first kappa shape index (κ1) is 8.23. The standard InChI is InChI=1S/C6H7N7O/c7-4(8)13-5-10-2-1-9-6(14)12-3(2)11-5/h1H,(H6,7,8,9,10,11,12,13,14). The van der Waals surface area contributed by atoms with Gasteiger partial charge in [-0.25, -0.2) is 4.98 Å². The molecule has 0 radical (unpaired) electrons. The van der Waals surface area contributed by atoms with Crippen LogP contribution in [0.25, 0.3) is 11.2 Å². The predicted octanol–water partition coefficient (Wildman–Crippen LogP) is -0.636. The maximum Gasteiger partial charge on any atom is 0.316 e. The summed E-state index contributed by atoms with van der Waals surface area (Å²) >= 11 is 0. The maximum absolute atomic E-state index is 8.96. The van der Waals surface area contributed by atoms with Crippen molar-refractivity contribution < 1.29 is 5.11 Å². The molecule has 0 amide bonds. The van der Waals surface area contributed by atoms with Crippen molar-refractivity contribution in [2.75, 3.05) is 5.32 Å². The molecule has 0 spiro atoms. The van der Waals surface area contributed by atoms with E-state index in [1.807, 2.05) is 0 Å². The second kappa shape index (κ2) is 2.83. The molecule has 0 bridgehead atoms. The SMILES string of the molecule is N=C(N)Nc1nc2nc(O)ncc2[nH]1. The van der Waals surface area contributed by atoms with Crippen LogP contribution in [0.1, 0.15) is 0 Å². The number of rotatable bonds is 1. The molecule has 0 fully saturated rings. The van der Waals surface area contributed by atoms with E-state index in [-0.39, 0.29) is 17.9 Å². The van der Waals surface area contributed by atoms with Crippen molar-refractivity contribution in [3.05, 3.63) is 6.20 Å². The van der Waals surface area contributed by atoms with Gasteiger partial charge in [0, 0.05) is 0 Å². The molecule has 0 atom stereocenters. The molecular formula is C6H7N7O. The number of hydrogen-bond donors (Lipinski definition) is 5. The third kappa shape index (κ3) is 1.40. The van der Waals surface area contributed by atoms with Crippen molar-refractivity contribution >= 4 is 23.1 Å². The largest absolute Gasteiger partial charge is 0.479 e. The average molecular weight is 193 g/mol. The van der Waals surface area contributed by atoms with E-state index in [1.165, 1.54) is 6.20 Å². The van der Waals surface area contributed by atoms with Crippen LogP contribution in [0.3, 0.4) is 0 Å². The van der Waals surface area contributed by atoms with E-state index < -0.39 is 0 Å². The minimum Gasteiger partial charge on any atom is -0.479 e. The van der Waals surface area contributed by atoms with Crippen molar-refractivity contribution in [3.8, 4) is 6.01 Å². The van der Waals surface area contributed by atoms with Gasteiger partial charge in [-0.3, -0.25) is 10.7 Å². The Balaban J connectivity index is 2.46. The molecule has 6 N–H and O–H groups in total. The third-order valence-corrected chi connectivity index (χ3v) is 1.48. The molecule has 2 heterocycles. The van der Waals surface area contributed by atoms with Crippen LogP contribution < -0.4 is 11.1 Å². The van der Waals surface area contributed by atoms with Gasteiger partial charge in [-0.15, -0.1) is 0 Å². The van der Waals surface area contributed by atoms with E-state index in [0.717, 1.165) is 0 Å². The fourth-order valence-corrected chi connectivity index (χ4v) is 0.985. The molecule has 0 aliphatic rings. The highest BCUT2D eigenvalue weighted by Gasteiger charge is 2.05.